The molecule has 0 aromatic heterocycles. The summed E-state index contributed by atoms with van der Waals surface area (Å²) in [6, 6.07) is 1.02. The predicted octanol–water partition coefficient (Wildman–Crippen LogP) is -11.1. The largest absolute Gasteiger partial charge is 1.00 e. The second-order valence-corrected chi connectivity index (χ2v) is 3.16. The average molecular weight is 350 g/mol. The van der Waals surface area contributed by atoms with E-state index in [0.29, 0.717) is 12.1 Å². The van der Waals surface area contributed by atoms with Crippen molar-refractivity contribution in [3.63, 3.8) is 0 Å². The summed E-state index contributed by atoms with van der Waals surface area (Å²) in [5, 5.41) is 35.0. The van der Waals surface area contributed by atoms with Crippen LogP contribution >= 0.6 is 0 Å². The molecule has 8 nitrogen and oxygen atoms in total. The quantitative estimate of drug-likeness (QED) is 0.391. The summed E-state index contributed by atoms with van der Waals surface area (Å²) in [4.78, 5) is 43.1. The van der Waals surface area contributed by atoms with Gasteiger partial charge in [-0.05, 0) is 12.1 Å². The molecule has 4 N–H and O–H groups in total. The van der Waals surface area contributed by atoms with Gasteiger partial charge in [0, 0.05) is 0 Å². The first-order valence-electron chi connectivity index (χ1n) is 4.37. The molecule has 0 amide bonds. The Balaban J connectivity index is -0.0000000675. The molecular weight excluding hydrogens is 340 g/mol. The van der Waals surface area contributed by atoms with Gasteiger partial charge in [-0.1, -0.05) is 0 Å². The fourth-order valence-corrected chi connectivity index (χ4v) is 1.31. The van der Waals surface area contributed by atoms with Crippen LogP contribution in [0.1, 0.15) is 47.1 Å². The predicted molar refractivity (Wildman–Crippen MR) is 58.7 cm³/mol. The van der Waals surface area contributed by atoms with E-state index in [-0.39, 0.29) is 124 Å². The van der Waals surface area contributed by atoms with Gasteiger partial charge in [-0.2, -0.15) is 0 Å². The van der Waals surface area contributed by atoms with E-state index in [4.69, 9.17) is 20.4 Å². The van der Waals surface area contributed by atoms with Crippen molar-refractivity contribution >= 4 is 23.9 Å². The van der Waals surface area contributed by atoms with Crippen molar-refractivity contribution in [1.82, 2.24) is 0 Å². The number of rotatable bonds is 4. The summed E-state index contributed by atoms with van der Waals surface area (Å²) < 4.78 is 0. The van der Waals surface area contributed by atoms with Gasteiger partial charge in [-0.25, -0.2) is 19.2 Å². The third kappa shape index (κ3) is 7.78. The molecule has 102 valence electrons. The van der Waals surface area contributed by atoms with E-state index >= 15 is 0 Å². The second-order valence-electron chi connectivity index (χ2n) is 3.16. The standard InChI is InChI=1S/C10H6O8.4Na.4H/c11-7(12)3-1-4(8(13)14)6(10(17)18)2-5(3)9(15)16;;;;;;;;/h1-2H,(H,11,12)(H,13,14)(H,15,16)(H,17,18);;;;;;;;/q;4*+1;4*-1. The van der Waals surface area contributed by atoms with E-state index < -0.39 is 46.1 Å². The van der Waals surface area contributed by atoms with Gasteiger partial charge in [0.2, 0.25) is 0 Å². The molecule has 1 aromatic rings. The molecule has 0 saturated carbocycles. The van der Waals surface area contributed by atoms with Crippen LogP contribution < -0.4 is 118 Å². The topological polar surface area (TPSA) is 149 Å². The van der Waals surface area contributed by atoms with Gasteiger partial charge >= 0.3 is 142 Å². The summed E-state index contributed by atoms with van der Waals surface area (Å²) >= 11 is 0. The monoisotopic (exact) mass is 350 g/mol. The molecule has 1 aromatic carbocycles. The number of carbonyl (C=O) groups is 4. The van der Waals surface area contributed by atoms with Crippen molar-refractivity contribution in [2.24, 2.45) is 0 Å². The number of carboxylic acid groups (broad SMARTS) is 4. The van der Waals surface area contributed by atoms with Gasteiger partial charge in [0.15, 0.2) is 0 Å². The average Bonchev–Trinajstić information content (AvgIpc) is 2.26. The summed E-state index contributed by atoms with van der Waals surface area (Å²) in [5.41, 5.74) is -3.15. The summed E-state index contributed by atoms with van der Waals surface area (Å²) in [5.74, 6) is -6.64. The first-order chi connectivity index (χ1) is 8.25. The number of carboxylic acids is 4. The van der Waals surface area contributed by atoms with Gasteiger partial charge in [-0.3, -0.25) is 0 Å². The Hall–Kier alpha value is 1.10. The molecule has 0 aliphatic heterocycles. The van der Waals surface area contributed by atoms with Crippen LogP contribution in [-0.4, -0.2) is 44.3 Å². The fourth-order valence-electron chi connectivity index (χ4n) is 1.31. The molecular formula is C10H10Na4O8. The zero-order valence-corrected chi connectivity index (χ0v) is 20.6. The molecule has 0 atom stereocenters. The van der Waals surface area contributed by atoms with Crippen LogP contribution in [0.3, 0.4) is 0 Å². The third-order valence-electron chi connectivity index (χ3n) is 2.08. The SMILES string of the molecule is O=C(O)c1cc(C(=O)O)c(C(=O)O)cc1C(=O)O.[H-].[H-].[H-].[H-].[Na+].[Na+].[Na+].[Na+]. The Bertz CT molecular complexity index is 504. The number of hydrogen-bond acceptors (Lipinski definition) is 4. The molecule has 0 bridgehead atoms. The Labute approximate surface area is 218 Å². The van der Waals surface area contributed by atoms with Gasteiger partial charge in [0.25, 0.3) is 0 Å². The number of hydrogen-bond donors (Lipinski definition) is 4. The van der Waals surface area contributed by atoms with Gasteiger partial charge in [0.1, 0.15) is 0 Å². The summed E-state index contributed by atoms with van der Waals surface area (Å²) in [6.45, 7) is 0. The summed E-state index contributed by atoms with van der Waals surface area (Å²) in [7, 11) is 0. The van der Waals surface area contributed by atoms with Crippen LogP contribution in [-0.2, 0) is 0 Å². The van der Waals surface area contributed by atoms with Crippen molar-refractivity contribution in [1.29, 1.82) is 0 Å². The third-order valence-corrected chi connectivity index (χ3v) is 2.08. The number of aromatic carboxylic acids is 4. The molecule has 0 aliphatic rings. The zero-order valence-electron chi connectivity index (χ0n) is 16.6. The van der Waals surface area contributed by atoms with Crippen molar-refractivity contribution in [2.75, 3.05) is 0 Å². The molecule has 0 fully saturated rings. The normalized spacial score (nSPS) is 8.00. The molecule has 0 unspecified atom stereocenters. The van der Waals surface area contributed by atoms with E-state index in [1.54, 1.807) is 0 Å². The maximum Gasteiger partial charge on any atom is 1.00 e. The van der Waals surface area contributed by atoms with Crippen LogP contribution in [0, 0.1) is 0 Å². The minimum atomic E-state index is -1.66. The van der Waals surface area contributed by atoms with Crippen LogP contribution in [0.2, 0.25) is 0 Å². The second kappa shape index (κ2) is 13.4. The molecule has 0 saturated heterocycles. The van der Waals surface area contributed by atoms with E-state index in [0.717, 1.165) is 0 Å². The van der Waals surface area contributed by atoms with Crippen molar-refractivity contribution in [3.8, 4) is 0 Å². The first kappa shape index (κ1) is 30.9. The Morgan fingerprint density at radius 1 is 0.545 bits per heavy atom. The van der Waals surface area contributed by atoms with Crippen molar-refractivity contribution in [2.45, 2.75) is 0 Å². The van der Waals surface area contributed by atoms with Crippen LogP contribution in [0.15, 0.2) is 12.1 Å². The van der Waals surface area contributed by atoms with Gasteiger partial charge in [0.05, 0.1) is 22.3 Å². The van der Waals surface area contributed by atoms with Crippen LogP contribution in [0.5, 0.6) is 0 Å². The van der Waals surface area contributed by atoms with Crippen LogP contribution in [0.4, 0.5) is 0 Å². The molecule has 0 spiro atoms. The number of benzene rings is 1. The summed E-state index contributed by atoms with van der Waals surface area (Å²) in [6.07, 6.45) is 0. The van der Waals surface area contributed by atoms with E-state index in [9.17, 15) is 19.2 Å². The Morgan fingerprint density at radius 2 is 0.682 bits per heavy atom. The van der Waals surface area contributed by atoms with E-state index in [1.807, 2.05) is 0 Å². The minimum Gasteiger partial charge on any atom is -1.00 e. The smallest absolute Gasteiger partial charge is 1.00 e. The molecule has 0 heterocycles. The first-order valence-corrected chi connectivity index (χ1v) is 4.37. The molecule has 1 rings (SSSR count). The van der Waals surface area contributed by atoms with Gasteiger partial charge < -0.3 is 26.1 Å². The van der Waals surface area contributed by atoms with E-state index in [2.05, 4.69) is 0 Å². The van der Waals surface area contributed by atoms with Gasteiger partial charge in [-0.15, -0.1) is 0 Å². The Morgan fingerprint density at radius 3 is 0.773 bits per heavy atom. The Kier molecular flexibility index (Phi) is 18.8. The zero-order chi connectivity index (χ0) is 14.0. The molecule has 12 heteroatoms. The minimum absolute atomic E-state index is 0. The molecule has 0 aliphatic carbocycles. The fraction of sp³-hybridized carbons (Fsp3) is 0. The maximum absolute atomic E-state index is 10.8. The molecule has 22 heavy (non-hydrogen) atoms. The van der Waals surface area contributed by atoms with Crippen LogP contribution in [0.25, 0.3) is 0 Å². The van der Waals surface area contributed by atoms with E-state index in [1.165, 1.54) is 0 Å². The molecule has 0 radical (unpaired) electrons. The van der Waals surface area contributed by atoms with Crippen molar-refractivity contribution < 1.29 is 164 Å². The maximum atomic E-state index is 10.8. The van der Waals surface area contributed by atoms with Crippen molar-refractivity contribution in [3.05, 3.63) is 34.4 Å².